The van der Waals surface area contributed by atoms with E-state index in [-0.39, 0.29) is 0 Å². The van der Waals surface area contributed by atoms with Gasteiger partial charge in [-0.2, -0.15) is 0 Å². The maximum Gasteiger partial charge on any atom is 0.563 e. The largest absolute Gasteiger partial charge is 0.563 e. The van der Waals surface area contributed by atoms with Gasteiger partial charge in [-0.25, -0.2) is 0 Å². The first-order valence-corrected chi connectivity index (χ1v) is 6.63. The fourth-order valence-electron chi connectivity index (χ4n) is 0.225. The van der Waals surface area contributed by atoms with E-state index in [4.69, 9.17) is 19.2 Å². The summed E-state index contributed by atoms with van der Waals surface area (Å²) in [5.41, 5.74) is 0. The zero-order valence-corrected chi connectivity index (χ0v) is 8.11. The van der Waals surface area contributed by atoms with Gasteiger partial charge in [-0.1, -0.05) is 0 Å². The molecule has 6 nitrogen and oxygen atoms in total. The highest BCUT2D eigenvalue weighted by Crippen LogP contribution is 1.87. The average molecular weight is 199 g/mol. The van der Waals surface area contributed by atoms with Gasteiger partial charge < -0.3 is 27.4 Å². The lowest BCUT2D eigenvalue weighted by Crippen LogP contribution is -2.36. The molecule has 0 saturated heterocycles. The Morgan fingerprint density at radius 2 is 1.50 bits per heavy atom. The van der Waals surface area contributed by atoms with Crippen LogP contribution in [0.4, 0.5) is 0 Å². The second kappa shape index (κ2) is 5.11. The molecule has 10 heavy (non-hydrogen) atoms. The van der Waals surface area contributed by atoms with Crippen LogP contribution in [0.2, 0.25) is 6.55 Å². The van der Waals surface area contributed by atoms with E-state index < -0.39 is 28.3 Å². The molecule has 3 radical (unpaired) electrons. The Balaban J connectivity index is 3.34. The molecule has 0 fully saturated rings. The van der Waals surface area contributed by atoms with Gasteiger partial charge in [-0.15, -0.1) is 0 Å². The van der Waals surface area contributed by atoms with Gasteiger partial charge in [-0.3, -0.25) is 0 Å². The third-order valence-electron chi connectivity index (χ3n) is 0.414. The Bertz CT molecular complexity index is 75.1. The lowest BCUT2D eigenvalue weighted by molar-refractivity contribution is 0.210. The smallest absolute Gasteiger partial charge is 0.410 e. The average Bonchev–Trinajstić information content (AvgIpc) is 1.58. The monoisotopic (exact) mass is 199 g/mol. The Morgan fingerprint density at radius 1 is 1.00 bits per heavy atom. The standard InChI is InChI=1S/CH7O6Si3/c1-8(2)6-10(5)7-9(3)4/h2-5H,1H3. The van der Waals surface area contributed by atoms with Crippen LogP contribution in [0.15, 0.2) is 0 Å². The van der Waals surface area contributed by atoms with E-state index >= 15 is 0 Å². The van der Waals surface area contributed by atoms with E-state index in [0.717, 1.165) is 0 Å². The zero-order valence-electron chi connectivity index (χ0n) is 5.11. The molecule has 0 aliphatic rings. The summed E-state index contributed by atoms with van der Waals surface area (Å²) in [7, 11) is -7.57. The fourth-order valence-corrected chi connectivity index (χ4v) is 2.40. The zero-order chi connectivity index (χ0) is 8.15. The van der Waals surface area contributed by atoms with Crippen LogP contribution in [0.25, 0.3) is 0 Å². The molecule has 0 bridgehead atoms. The van der Waals surface area contributed by atoms with E-state index in [0.29, 0.717) is 0 Å². The Morgan fingerprint density at radius 3 is 1.80 bits per heavy atom. The molecule has 0 unspecified atom stereocenters. The topological polar surface area (TPSA) is 99.4 Å². The molecule has 0 heterocycles. The predicted octanol–water partition coefficient (Wildman–Crippen LogP) is -2.92. The maximum atomic E-state index is 8.62. The van der Waals surface area contributed by atoms with Crippen LogP contribution in [0.3, 0.4) is 0 Å². The van der Waals surface area contributed by atoms with Crippen LogP contribution in [0.5, 0.6) is 0 Å². The minimum absolute atomic E-state index is 1.37. The molecule has 0 aromatic rings. The maximum absolute atomic E-state index is 8.62. The van der Waals surface area contributed by atoms with Crippen molar-refractivity contribution in [3.63, 3.8) is 0 Å². The van der Waals surface area contributed by atoms with Crippen LogP contribution in [-0.2, 0) is 8.23 Å². The van der Waals surface area contributed by atoms with Gasteiger partial charge in [0.05, 0.1) is 0 Å². The quantitative estimate of drug-likeness (QED) is 0.362. The minimum atomic E-state index is -2.90. The Kier molecular flexibility index (Phi) is 5.32. The molecule has 4 N–H and O–H groups in total. The van der Waals surface area contributed by atoms with Crippen molar-refractivity contribution in [1.29, 1.82) is 0 Å². The summed E-state index contributed by atoms with van der Waals surface area (Å²) < 4.78 is 8.43. The summed E-state index contributed by atoms with van der Waals surface area (Å²) in [5, 5.41) is 0. The van der Waals surface area contributed by atoms with Crippen molar-refractivity contribution in [2.24, 2.45) is 0 Å². The number of hydrogen-bond acceptors (Lipinski definition) is 6. The van der Waals surface area contributed by atoms with Crippen molar-refractivity contribution >= 4 is 28.3 Å². The molecule has 0 saturated carbocycles. The third-order valence-corrected chi connectivity index (χ3v) is 3.72. The van der Waals surface area contributed by atoms with E-state index in [1.54, 1.807) is 0 Å². The van der Waals surface area contributed by atoms with Crippen molar-refractivity contribution in [2.75, 3.05) is 0 Å². The number of rotatable bonds is 4. The van der Waals surface area contributed by atoms with Crippen LogP contribution in [-0.4, -0.2) is 47.5 Å². The number of hydrogen-bond donors (Lipinski definition) is 4. The van der Waals surface area contributed by atoms with E-state index in [1.807, 2.05) is 0 Å². The summed E-state index contributed by atoms with van der Waals surface area (Å²) in [4.78, 5) is 33.5. The SMILES string of the molecule is C[Si](O)O[Si](O)O[Si](O)O. The molecule has 0 rings (SSSR count). The van der Waals surface area contributed by atoms with Crippen molar-refractivity contribution in [3.05, 3.63) is 0 Å². The predicted molar refractivity (Wildman–Crippen MR) is 34.2 cm³/mol. The summed E-state index contributed by atoms with van der Waals surface area (Å²) in [6.45, 7) is 1.37. The fraction of sp³-hybridized carbons (Fsp3) is 1.00. The van der Waals surface area contributed by atoms with Gasteiger partial charge >= 0.3 is 28.3 Å². The summed E-state index contributed by atoms with van der Waals surface area (Å²) in [6.07, 6.45) is 0. The summed E-state index contributed by atoms with van der Waals surface area (Å²) in [5.74, 6) is 0. The molecule has 0 aromatic heterocycles. The van der Waals surface area contributed by atoms with Crippen molar-refractivity contribution in [3.8, 4) is 0 Å². The highest BCUT2D eigenvalue weighted by molar-refractivity contribution is 6.58. The lowest BCUT2D eigenvalue weighted by Gasteiger charge is -2.07. The molecule has 0 atom stereocenters. The molecule has 9 heteroatoms. The Hall–Kier alpha value is 0.411. The third kappa shape index (κ3) is 6.53. The van der Waals surface area contributed by atoms with Gasteiger partial charge in [0.2, 0.25) is 0 Å². The van der Waals surface area contributed by atoms with Crippen molar-refractivity contribution < 1.29 is 27.4 Å². The molecule has 0 aliphatic carbocycles. The van der Waals surface area contributed by atoms with Gasteiger partial charge in [0.25, 0.3) is 0 Å². The highest BCUT2D eigenvalue weighted by Gasteiger charge is 2.23. The first-order chi connectivity index (χ1) is 4.52. The Labute approximate surface area is 63.1 Å². The summed E-state index contributed by atoms with van der Waals surface area (Å²) >= 11 is 0. The van der Waals surface area contributed by atoms with Crippen LogP contribution >= 0.6 is 0 Å². The van der Waals surface area contributed by atoms with Crippen LogP contribution in [0.1, 0.15) is 0 Å². The normalized spacial score (nSPS) is 12.0. The van der Waals surface area contributed by atoms with E-state index in [1.165, 1.54) is 6.55 Å². The van der Waals surface area contributed by atoms with Gasteiger partial charge in [0.1, 0.15) is 0 Å². The van der Waals surface area contributed by atoms with E-state index in [2.05, 4.69) is 8.23 Å². The van der Waals surface area contributed by atoms with Gasteiger partial charge in [0.15, 0.2) is 0 Å². The molecule has 0 spiro atoms. The highest BCUT2D eigenvalue weighted by atomic mass is 28.4. The van der Waals surface area contributed by atoms with E-state index in [9.17, 15) is 0 Å². The van der Waals surface area contributed by atoms with Gasteiger partial charge in [0, 0.05) is 0 Å². The molecule has 0 amide bonds. The molecule has 0 aliphatic heterocycles. The first kappa shape index (κ1) is 10.4. The molecule has 0 aromatic carbocycles. The second-order valence-corrected chi connectivity index (χ2v) is 5.04. The van der Waals surface area contributed by atoms with Crippen molar-refractivity contribution in [1.82, 2.24) is 0 Å². The van der Waals surface area contributed by atoms with Crippen LogP contribution < -0.4 is 0 Å². The lowest BCUT2D eigenvalue weighted by atomic mass is 11.9. The molecular formula is CH7O6Si3. The van der Waals surface area contributed by atoms with Crippen LogP contribution in [0, 0.1) is 0 Å². The van der Waals surface area contributed by atoms with Crippen molar-refractivity contribution in [2.45, 2.75) is 6.55 Å². The molecular weight excluding hydrogens is 192 g/mol. The minimum Gasteiger partial charge on any atom is -0.410 e. The first-order valence-electron chi connectivity index (χ1n) is 2.21. The molecule has 59 valence electrons. The summed E-state index contributed by atoms with van der Waals surface area (Å²) in [6, 6.07) is 0. The van der Waals surface area contributed by atoms with Gasteiger partial charge in [-0.05, 0) is 6.55 Å². The second-order valence-electron chi connectivity index (χ2n) is 1.27.